The van der Waals surface area contributed by atoms with E-state index < -0.39 is 0 Å². The Morgan fingerprint density at radius 2 is 2.07 bits per heavy atom. The minimum absolute atomic E-state index is 0.0540. The molecule has 2 heteroatoms. The minimum Gasteiger partial charge on any atom is -0.332 e. The third kappa shape index (κ3) is 0.921. The van der Waals surface area contributed by atoms with E-state index in [0.29, 0.717) is 0 Å². The second kappa shape index (κ2) is 2.63. The number of fused-ring (bicyclic) bond motifs is 2. The first-order valence-corrected chi connectivity index (χ1v) is 5.54. The van der Waals surface area contributed by atoms with Gasteiger partial charge in [0.25, 0.3) is 5.91 Å². The minimum atomic E-state index is 0.0540. The summed E-state index contributed by atoms with van der Waals surface area (Å²) in [5.74, 6) is 0.199. The normalized spacial score (nSPS) is 21.7. The smallest absolute Gasteiger partial charge is 0.254 e. The van der Waals surface area contributed by atoms with E-state index in [2.05, 4.69) is 13.0 Å². The third-order valence-corrected chi connectivity index (χ3v) is 4.03. The first-order valence-electron chi connectivity index (χ1n) is 5.54. The van der Waals surface area contributed by atoms with Gasteiger partial charge in [-0.2, -0.15) is 0 Å². The maximum atomic E-state index is 12.0. The number of benzene rings is 1. The van der Waals surface area contributed by atoms with Crippen molar-refractivity contribution in [3.63, 3.8) is 0 Å². The summed E-state index contributed by atoms with van der Waals surface area (Å²) >= 11 is 0. The zero-order valence-electron chi connectivity index (χ0n) is 9.21. The van der Waals surface area contributed by atoms with E-state index in [4.69, 9.17) is 0 Å². The molecule has 0 saturated heterocycles. The van der Waals surface area contributed by atoms with Gasteiger partial charge in [-0.05, 0) is 37.8 Å². The standard InChI is InChI=1S/C13H15NO/c1-9-4-5-10-11(8-9)13(6-3-7-13)14(2)12(10)15/h4-5,8H,3,6-7H2,1-2H3. The lowest BCUT2D eigenvalue weighted by molar-refractivity contribution is 0.0378. The zero-order chi connectivity index (χ0) is 10.6. The van der Waals surface area contributed by atoms with Gasteiger partial charge >= 0.3 is 0 Å². The second-order valence-corrected chi connectivity index (χ2v) is 4.80. The fraction of sp³-hybridized carbons (Fsp3) is 0.462. The molecular formula is C13H15NO. The molecule has 1 heterocycles. The SMILES string of the molecule is Cc1ccc2c(c1)C1(CCC1)N(C)C2=O. The summed E-state index contributed by atoms with van der Waals surface area (Å²) in [5, 5.41) is 0. The van der Waals surface area contributed by atoms with Crippen molar-refractivity contribution in [2.45, 2.75) is 31.7 Å². The molecule has 1 aromatic carbocycles. The maximum absolute atomic E-state index is 12.0. The Kier molecular flexibility index (Phi) is 1.57. The van der Waals surface area contributed by atoms with Crippen LogP contribution in [0.5, 0.6) is 0 Å². The number of carbonyl (C=O) groups excluding carboxylic acids is 1. The van der Waals surface area contributed by atoms with E-state index in [1.165, 1.54) is 17.5 Å². The molecule has 0 aromatic heterocycles. The number of hydrogen-bond acceptors (Lipinski definition) is 1. The average Bonchev–Trinajstić information content (AvgIpc) is 2.35. The summed E-state index contributed by atoms with van der Waals surface area (Å²) in [6, 6.07) is 6.20. The van der Waals surface area contributed by atoms with Crippen molar-refractivity contribution >= 4 is 5.91 Å². The molecule has 2 nitrogen and oxygen atoms in total. The Morgan fingerprint density at radius 3 is 2.67 bits per heavy atom. The molecule has 0 radical (unpaired) electrons. The molecule has 0 N–H and O–H groups in total. The predicted molar refractivity (Wildman–Crippen MR) is 58.8 cm³/mol. The van der Waals surface area contributed by atoms with Crippen LogP contribution in [0, 0.1) is 6.92 Å². The highest BCUT2D eigenvalue weighted by Crippen LogP contribution is 2.51. The molecule has 1 aliphatic heterocycles. The fourth-order valence-electron chi connectivity index (χ4n) is 2.90. The number of carbonyl (C=O) groups is 1. The lowest BCUT2D eigenvalue weighted by Crippen LogP contribution is -2.46. The van der Waals surface area contributed by atoms with Gasteiger partial charge in [0, 0.05) is 12.6 Å². The first kappa shape index (κ1) is 8.96. The largest absolute Gasteiger partial charge is 0.332 e. The fourth-order valence-corrected chi connectivity index (χ4v) is 2.90. The summed E-state index contributed by atoms with van der Waals surface area (Å²) in [7, 11) is 1.94. The molecular weight excluding hydrogens is 186 g/mol. The van der Waals surface area contributed by atoms with Crippen molar-refractivity contribution in [1.29, 1.82) is 0 Å². The van der Waals surface area contributed by atoms with E-state index in [1.54, 1.807) is 0 Å². The van der Waals surface area contributed by atoms with Gasteiger partial charge in [0.2, 0.25) is 0 Å². The molecule has 0 atom stereocenters. The Labute approximate surface area is 89.9 Å². The summed E-state index contributed by atoms with van der Waals surface area (Å²) in [5.41, 5.74) is 3.49. The van der Waals surface area contributed by atoms with Gasteiger partial charge in [0.05, 0.1) is 5.54 Å². The highest BCUT2D eigenvalue weighted by molar-refractivity contribution is 6.00. The third-order valence-electron chi connectivity index (χ3n) is 4.03. The molecule has 0 bridgehead atoms. The van der Waals surface area contributed by atoms with Crippen LogP contribution in [0.3, 0.4) is 0 Å². The number of rotatable bonds is 0. The van der Waals surface area contributed by atoms with E-state index in [9.17, 15) is 4.79 Å². The average molecular weight is 201 g/mol. The van der Waals surface area contributed by atoms with Crippen LogP contribution < -0.4 is 0 Å². The maximum Gasteiger partial charge on any atom is 0.254 e. The number of hydrogen-bond donors (Lipinski definition) is 0. The summed E-state index contributed by atoms with van der Waals surface area (Å²) in [6.07, 6.45) is 3.50. The van der Waals surface area contributed by atoms with Crippen molar-refractivity contribution in [3.8, 4) is 0 Å². The van der Waals surface area contributed by atoms with Crippen molar-refractivity contribution in [3.05, 3.63) is 34.9 Å². The van der Waals surface area contributed by atoms with Crippen molar-refractivity contribution in [1.82, 2.24) is 4.90 Å². The second-order valence-electron chi connectivity index (χ2n) is 4.80. The zero-order valence-corrected chi connectivity index (χ0v) is 9.21. The van der Waals surface area contributed by atoms with E-state index >= 15 is 0 Å². The lowest BCUT2D eigenvalue weighted by atomic mass is 9.72. The molecule has 1 fully saturated rings. The van der Waals surface area contributed by atoms with E-state index in [-0.39, 0.29) is 11.4 Å². The van der Waals surface area contributed by atoms with Crippen LogP contribution in [-0.4, -0.2) is 17.9 Å². The van der Waals surface area contributed by atoms with Gasteiger partial charge in [0.15, 0.2) is 0 Å². The van der Waals surface area contributed by atoms with Crippen molar-refractivity contribution < 1.29 is 4.79 Å². The predicted octanol–water partition coefficient (Wildman–Crippen LogP) is 2.46. The van der Waals surface area contributed by atoms with Crippen LogP contribution in [-0.2, 0) is 5.54 Å². The molecule has 1 spiro atoms. The molecule has 0 unspecified atom stereocenters. The van der Waals surface area contributed by atoms with Crippen molar-refractivity contribution in [2.24, 2.45) is 0 Å². The van der Waals surface area contributed by atoms with Gasteiger partial charge in [-0.3, -0.25) is 4.79 Å². The molecule has 1 amide bonds. The summed E-state index contributed by atoms with van der Waals surface area (Å²) in [6.45, 7) is 2.09. The van der Waals surface area contributed by atoms with Crippen LogP contribution in [0.4, 0.5) is 0 Å². The van der Waals surface area contributed by atoms with E-state index in [1.807, 2.05) is 24.1 Å². The van der Waals surface area contributed by atoms with Gasteiger partial charge in [-0.15, -0.1) is 0 Å². The highest BCUT2D eigenvalue weighted by atomic mass is 16.2. The molecule has 78 valence electrons. The van der Waals surface area contributed by atoms with Gasteiger partial charge in [0.1, 0.15) is 0 Å². The Bertz CT molecular complexity index is 446. The topological polar surface area (TPSA) is 20.3 Å². The summed E-state index contributed by atoms with van der Waals surface area (Å²) in [4.78, 5) is 14.0. The number of amides is 1. The molecule has 2 aliphatic rings. The highest BCUT2D eigenvalue weighted by Gasteiger charge is 2.51. The van der Waals surface area contributed by atoms with Crippen LogP contribution in [0.15, 0.2) is 18.2 Å². The lowest BCUT2D eigenvalue weighted by Gasteiger charge is -2.44. The number of nitrogens with zero attached hydrogens (tertiary/aromatic N) is 1. The molecule has 1 aromatic rings. The molecule has 3 rings (SSSR count). The van der Waals surface area contributed by atoms with Gasteiger partial charge < -0.3 is 4.90 Å². The van der Waals surface area contributed by atoms with Crippen LogP contribution in [0.25, 0.3) is 0 Å². The van der Waals surface area contributed by atoms with Gasteiger partial charge in [-0.1, -0.05) is 17.7 Å². The Balaban J connectivity index is 2.23. The monoisotopic (exact) mass is 201 g/mol. The first-order chi connectivity index (χ1) is 7.15. The Hall–Kier alpha value is -1.31. The van der Waals surface area contributed by atoms with Gasteiger partial charge in [-0.25, -0.2) is 0 Å². The van der Waals surface area contributed by atoms with E-state index in [0.717, 1.165) is 18.4 Å². The van der Waals surface area contributed by atoms with Crippen LogP contribution in [0.1, 0.15) is 40.7 Å². The molecule has 1 aliphatic carbocycles. The summed E-state index contributed by atoms with van der Waals surface area (Å²) < 4.78 is 0. The molecule has 15 heavy (non-hydrogen) atoms. The Morgan fingerprint density at radius 1 is 1.33 bits per heavy atom. The number of aryl methyl sites for hydroxylation is 1. The van der Waals surface area contributed by atoms with Crippen molar-refractivity contribution in [2.75, 3.05) is 7.05 Å². The molecule has 1 saturated carbocycles. The quantitative estimate of drug-likeness (QED) is 0.631. The van der Waals surface area contributed by atoms with Crippen LogP contribution in [0.2, 0.25) is 0 Å². The van der Waals surface area contributed by atoms with Crippen LogP contribution >= 0.6 is 0 Å².